The predicted molar refractivity (Wildman–Crippen MR) is 125 cm³/mol. The van der Waals surface area contributed by atoms with Crippen LogP contribution in [0.5, 0.6) is 5.75 Å². The quantitative estimate of drug-likeness (QED) is 0.436. The fourth-order valence-corrected chi connectivity index (χ4v) is 3.99. The number of aryl methyl sites for hydroxylation is 1. The van der Waals surface area contributed by atoms with E-state index in [4.69, 9.17) is 33.7 Å². The van der Waals surface area contributed by atoms with E-state index in [1.54, 1.807) is 29.8 Å². The Balaban J connectivity index is 1.70. The third-order valence-electron chi connectivity index (χ3n) is 5.15. The van der Waals surface area contributed by atoms with Gasteiger partial charge in [0.25, 0.3) is 5.91 Å². The molecule has 0 atom stereocenters. The van der Waals surface area contributed by atoms with Crippen molar-refractivity contribution in [1.82, 2.24) is 19.7 Å². The van der Waals surface area contributed by atoms with E-state index >= 15 is 0 Å². The van der Waals surface area contributed by atoms with Gasteiger partial charge in [0, 0.05) is 41.1 Å². The van der Waals surface area contributed by atoms with E-state index in [0.29, 0.717) is 22.4 Å². The van der Waals surface area contributed by atoms with E-state index in [0.717, 1.165) is 33.8 Å². The second-order valence-corrected chi connectivity index (χ2v) is 8.02. The maximum Gasteiger partial charge on any atom is 0.271 e. The van der Waals surface area contributed by atoms with Crippen LogP contribution in [0.1, 0.15) is 27.3 Å². The van der Waals surface area contributed by atoms with Gasteiger partial charge in [0.1, 0.15) is 11.4 Å². The number of methoxy groups -OCH3 is 1. The third-order valence-corrected chi connectivity index (χ3v) is 5.70. The summed E-state index contributed by atoms with van der Waals surface area (Å²) < 4.78 is 6.90. The molecule has 0 saturated carbocycles. The molecule has 2 aromatic heterocycles. The molecule has 0 aliphatic carbocycles. The molecule has 0 radical (unpaired) electrons. The summed E-state index contributed by atoms with van der Waals surface area (Å²) in [6.07, 6.45) is 1.64. The zero-order chi connectivity index (χ0) is 22.8. The number of halogens is 2. The number of nitrogens with zero attached hydrogens (tertiary/aromatic N) is 3. The first kappa shape index (κ1) is 22.1. The molecule has 3 N–H and O–H groups in total. The number of rotatable bonds is 6. The highest BCUT2D eigenvalue weighted by molar-refractivity contribution is 6.36. The Morgan fingerprint density at radius 2 is 1.91 bits per heavy atom. The maximum absolute atomic E-state index is 12.8. The van der Waals surface area contributed by atoms with E-state index < -0.39 is 0 Å². The predicted octanol–water partition coefficient (Wildman–Crippen LogP) is 4.41. The number of hydrogen-bond acceptors (Lipinski definition) is 5. The fourth-order valence-electron chi connectivity index (χ4n) is 3.49. The highest BCUT2D eigenvalue weighted by Gasteiger charge is 2.20. The summed E-state index contributed by atoms with van der Waals surface area (Å²) in [5.74, 6) is 0.827. The minimum absolute atomic E-state index is 0.242. The highest BCUT2D eigenvalue weighted by Crippen LogP contribution is 2.34. The molecular formula is C23H21Cl2N5O2. The average molecular weight is 470 g/mol. The van der Waals surface area contributed by atoms with Crippen LogP contribution in [0.15, 0.2) is 48.7 Å². The first-order valence-corrected chi connectivity index (χ1v) is 10.6. The van der Waals surface area contributed by atoms with Crippen molar-refractivity contribution in [2.24, 2.45) is 5.73 Å². The monoisotopic (exact) mass is 469 g/mol. The number of benzene rings is 2. The Bertz CT molecular complexity index is 1300. The van der Waals surface area contributed by atoms with Crippen LogP contribution >= 0.6 is 23.2 Å². The molecule has 0 aliphatic rings. The smallest absolute Gasteiger partial charge is 0.271 e. The lowest BCUT2D eigenvalue weighted by Gasteiger charge is -2.14. The van der Waals surface area contributed by atoms with Crippen molar-refractivity contribution in [2.45, 2.75) is 20.0 Å². The Labute approximate surface area is 195 Å². The van der Waals surface area contributed by atoms with Gasteiger partial charge < -0.3 is 15.8 Å². The number of imidazole rings is 1. The van der Waals surface area contributed by atoms with Crippen LogP contribution in [0, 0.1) is 6.92 Å². The van der Waals surface area contributed by atoms with Crippen molar-refractivity contribution in [1.29, 1.82) is 0 Å². The van der Waals surface area contributed by atoms with Gasteiger partial charge >= 0.3 is 0 Å². The van der Waals surface area contributed by atoms with Crippen molar-refractivity contribution >= 4 is 34.9 Å². The van der Waals surface area contributed by atoms with Gasteiger partial charge in [-0.25, -0.2) is 9.97 Å². The van der Waals surface area contributed by atoms with Crippen LogP contribution in [0.2, 0.25) is 10.0 Å². The van der Waals surface area contributed by atoms with Crippen LogP contribution in [0.4, 0.5) is 0 Å². The van der Waals surface area contributed by atoms with Gasteiger partial charge in [0.05, 0.1) is 17.8 Å². The number of aromatic nitrogens is 3. The summed E-state index contributed by atoms with van der Waals surface area (Å²) in [7, 11) is 1.61. The van der Waals surface area contributed by atoms with Crippen LogP contribution in [0.3, 0.4) is 0 Å². The normalized spacial score (nSPS) is 11.0. The molecule has 2 aromatic carbocycles. The minimum atomic E-state index is -0.313. The zero-order valence-electron chi connectivity index (χ0n) is 17.5. The summed E-state index contributed by atoms with van der Waals surface area (Å²) in [4.78, 5) is 21.8. The lowest BCUT2D eigenvalue weighted by Crippen LogP contribution is -2.23. The highest BCUT2D eigenvalue weighted by atomic mass is 35.5. The number of carbonyl (C=O) groups excluding carboxylic acids is 1. The molecule has 0 aliphatic heterocycles. The second-order valence-electron chi connectivity index (χ2n) is 7.18. The number of amides is 1. The Morgan fingerprint density at radius 3 is 2.56 bits per heavy atom. The number of ether oxygens (including phenoxy) is 1. The molecule has 4 aromatic rings. The number of hydrogen-bond donors (Lipinski definition) is 2. The van der Waals surface area contributed by atoms with Gasteiger partial charge in [-0.3, -0.25) is 9.20 Å². The van der Waals surface area contributed by atoms with Gasteiger partial charge in [-0.2, -0.15) is 0 Å². The first-order valence-electron chi connectivity index (χ1n) is 9.86. The molecular weight excluding hydrogens is 449 g/mol. The summed E-state index contributed by atoms with van der Waals surface area (Å²) in [6, 6.07) is 12.7. The number of nitrogens with one attached hydrogen (secondary N) is 1. The van der Waals surface area contributed by atoms with E-state index in [1.807, 2.05) is 37.3 Å². The van der Waals surface area contributed by atoms with Crippen molar-refractivity contribution in [3.8, 4) is 17.0 Å². The van der Waals surface area contributed by atoms with Crippen molar-refractivity contribution in [3.63, 3.8) is 0 Å². The van der Waals surface area contributed by atoms with Gasteiger partial charge in [0.2, 0.25) is 5.78 Å². The Hall–Kier alpha value is -3.13. The summed E-state index contributed by atoms with van der Waals surface area (Å²) in [6.45, 7) is 2.46. The van der Waals surface area contributed by atoms with E-state index in [2.05, 4.69) is 15.3 Å². The molecule has 32 heavy (non-hydrogen) atoms. The summed E-state index contributed by atoms with van der Waals surface area (Å²) in [5.41, 5.74) is 10.2. The largest absolute Gasteiger partial charge is 0.497 e. The SMILES string of the molecule is COc1ccc(CNC(=O)c2cn3c(-c4ccc(Cl)cc4Cl)c(CN)c(C)nc3n2)cc1. The van der Waals surface area contributed by atoms with Crippen molar-refractivity contribution < 1.29 is 9.53 Å². The first-order chi connectivity index (χ1) is 15.4. The molecule has 0 spiro atoms. The third kappa shape index (κ3) is 4.27. The molecule has 1 amide bonds. The van der Waals surface area contributed by atoms with Crippen LogP contribution in [0.25, 0.3) is 17.0 Å². The number of nitrogens with two attached hydrogens (primary N) is 1. The van der Waals surface area contributed by atoms with Gasteiger partial charge in [-0.05, 0) is 42.8 Å². The fraction of sp³-hybridized carbons (Fsp3) is 0.174. The van der Waals surface area contributed by atoms with Crippen LogP contribution in [-0.4, -0.2) is 27.4 Å². The number of carbonyl (C=O) groups is 1. The average Bonchev–Trinajstić information content (AvgIpc) is 3.21. The molecule has 0 unspecified atom stereocenters. The molecule has 164 valence electrons. The maximum atomic E-state index is 12.8. The molecule has 0 fully saturated rings. The molecule has 7 nitrogen and oxygen atoms in total. The standard InChI is InChI=1S/C23H21Cl2N5O2/c1-13-18(10-26)21(17-8-5-15(24)9-19(17)25)30-12-20(29-23(30)28-13)22(31)27-11-14-3-6-16(32-2)7-4-14/h3-9,12H,10-11,26H2,1-2H3,(H,27,31). The lowest BCUT2D eigenvalue weighted by molar-refractivity contribution is 0.0946. The summed E-state index contributed by atoms with van der Waals surface area (Å²) >= 11 is 12.6. The van der Waals surface area contributed by atoms with Gasteiger partial charge in [0.15, 0.2) is 0 Å². The summed E-state index contributed by atoms with van der Waals surface area (Å²) in [5, 5.41) is 3.88. The minimum Gasteiger partial charge on any atom is -0.497 e. The van der Waals surface area contributed by atoms with E-state index in [-0.39, 0.29) is 18.1 Å². The Morgan fingerprint density at radius 1 is 1.16 bits per heavy atom. The zero-order valence-corrected chi connectivity index (χ0v) is 19.0. The topological polar surface area (TPSA) is 94.5 Å². The second kappa shape index (κ2) is 9.16. The van der Waals surface area contributed by atoms with Crippen LogP contribution < -0.4 is 15.8 Å². The van der Waals surface area contributed by atoms with E-state index in [9.17, 15) is 4.79 Å². The lowest BCUT2D eigenvalue weighted by atomic mass is 10.0. The van der Waals surface area contributed by atoms with Gasteiger partial charge in [-0.1, -0.05) is 35.3 Å². The molecule has 2 heterocycles. The molecule has 9 heteroatoms. The Kier molecular flexibility index (Phi) is 6.32. The van der Waals surface area contributed by atoms with Crippen molar-refractivity contribution in [3.05, 3.63) is 81.2 Å². The number of fused-ring (bicyclic) bond motifs is 1. The van der Waals surface area contributed by atoms with Crippen molar-refractivity contribution in [2.75, 3.05) is 7.11 Å². The van der Waals surface area contributed by atoms with Gasteiger partial charge in [-0.15, -0.1) is 0 Å². The van der Waals surface area contributed by atoms with Crippen LogP contribution in [-0.2, 0) is 13.1 Å². The molecule has 0 saturated heterocycles. The van der Waals surface area contributed by atoms with E-state index in [1.165, 1.54) is 0 Å². The molecule has 0 bridgehead atoms. The molecule has 4 rings (SSSR count).